The summed E-state index contributed by atoms with van der Waals surface area (Å²) in [5.74, 6) is -0.401. The van der Waals surface area contributed by atoms with Crippen LogP contribution in [0.4, 0.5) is 0 Å². The molecule has 3 rings (SSSR count). The molecule has 0 aromatic carbocycles. The zero-order chi connectivity index (χ0) is 17.8. The number of piperazine rings is 1. The summed E-state index contributed by atoms with van der Waals surface area (Å²) in [6.07, 6.45) is 2.76. The molecule has 1 aromatic heterocycles. The second-order valence-electron chi connectivity index (χ2n) is 6.94. The lowest BCUT2D eigenvalue weighted by atomic mass is 9.93. The summed E-state index contributed by atoms with van der Waals surface area (Å²) in [4.78, 5) is 43.8. The molecule has 2 heterocycles. The highest BCUT2D eigenvalue weighted by Gasteiger charge is 2.22. The number of amides is 1. The van der Waals surface area contributed by atoms with Gasteiger partial charge in [0.15, 0.2) is 5.78 Å². The van der Waals surface area contributed by atoms with Crippen molar-refractivity contribution in [1.29, 1.82) is 0 Å². The first-order valence-corrected chi connectivity index (χ1v) is 9.03. The number of aromatic nitrogens is 1. The summed E-state index contributed by atoms with van der Waals surface area (Å²) in [6.45, 7) is 5.71. The van der Waals surface area contributed by atoms with Crippen molar-refractivity contribution in [2.75, 3.05) is 46.3 Å². The predicted molar refractivity (Wildman–Crippen MR) is 95.2 cm³/mol. The molecule has 7 heteroatoms. The minimum atomic E-state index is -0.412. The van der Waals surface area contributed by atoms with Crippen molar-refractivity contribution < 1.29 is 9.59 Å². The molecule has 2 N–H and O–H groups in total. The number of H-pyrrole nitrogens is 1. The van der Waals surface area contributed by atoms with E-state index in [1.807, 2.05) is 0 Å². The number of aromatic amines is 1. The van der Waals surface area contributed by atoms with E-state index in [0.717, 1.165) is 45.6 Å². The topological polar surface area (TPSA) is 85.5 Å². The van der Waals surface area contributed by atoms with Crippen LogP contribution in [0.5, 0.6) is 0 Å². The van der Waals surface area contributed by atoms with E-state index >= 15 is 0 Å². The van der Waals surface area contributed by atoms with Gasteiger partial charge in [0.1, 0.15) is 5.56 Å². The Bertz CT molecular complexity index is 705. The molecule has 2 aliphatic rings. The molecular weight excluding hydrogens is 320 g/mol. The molecule has 0 spiro atoms. The fraction of sp³-hybridized carbons (Fsp3) is 0.611. The van der Waals surface area contributed by atoms with E-state index in [-0.39, 0.29) is 11.3 Å². The Morgan fingerprint density at radius 2 is 1.96 bits per heavy atom. The molecule has 1 aliphatic carbocycles. The van der Waals surface area contributed by atoms with Crippen LogP contribution in [0.3, 0.4) is 0 Å². The quantitative estimate of drug-likeness (QED) is 0.747. The van der Waals surface area contributed by atoms with Crippen LogP contribution in [-0.2, 0) is 6.42 Å². The van der Waals surface area contributed by atoms with Gasteiger partial charge in [-0.1, -0.05) is 0 Å². The van der Waals surface area contributed by atoms with E-state index in [9.17, 15) is 14.4 Å². The van der Waals surface area contributed by atoms with E-state index in [0.29, 0.717) is 30.6 Å². The van der Waals surface area contributed by atoms with E-state index in [4.69, 9.17) is 0 Å². The van der Waals surface area contributed by atoms with Crippen LogP contribution < -0.4 is 10.9 Å². The molecule has 0 radical (unpaired) electrons. The van der Waals surface area contributed by atoms with E-state index < -0.39 is 11.5 Å². The third-order valence-electron chi connectivity index (χ3n) is 5.03. The summed E-state index contributed by atoms with van der Waals surface area (Å²) in [5.41, 5.74) is 0.778. The van der Waals surface area contributed by atoms with Crippen molar-refractivity contribution in [3.8, 4) is 0 Å². The third-order valence-corrected chi connectivity index (χ3v) is 5.03. The second kappa shape index (κ2) is 7.93. The number of pyridine rings is 1. The van der Waals surface area contributed by atoms with Crippen LogP contribution in [0.15, 0.2) is 10.9 Å². The maximum Gasteiger partial charge on any atom is 0.261 e. The summed E-state index contributed by atoms with van der Waals surface area (Å²) in [7, 11) is 2.12. The van der Waals surface area contributed by atoms with Crippen LogP contribution in [0.1, 0.15) is 45.7 Å². The highest BCUT2D eigenvalue weighted by atomic mass is 16.2. The van der Waals surface area contributed by atoms with Gasteiger partial charge in [-0.2, -0.15) is 0 Å². The number of hydrogen-bond acceptors (Lipinski definition) is 5. The zero-order valence-corrected chi connectivity index (χ0v) is 14.8. The zero-order valence-electron chi connectivity index (χ0n) is 14.8. The number of Topliss-reactive ketones (excluding diaryl/α,β-unsaturated/α-hetero) is 1. The average Bonchev–Trinajstić information content (AvgIpc) is 2.60. The molecule has 1 aromatic rings. The largest absolute Gasteiger partial charge is 0.352 e. The lowest BCUT2D eigenvalue weighted by Gasteiger charge is -2.32. The van der Waals surface area contributed by atoms with E-state index in [1.165, 1.54) is 6.07 Å². The highest BCUT2D eigenvalue weighted by molar-refractivity contribution is 6.01. The molecule has 7 nitrogen and oxygen atoms in total. The molecular formula is C18H26N4O3. The van der Waals surface area contributed by atoms with Gasteiger partial charge in [-0.3, -0.25) is 14.4 Å². The minimum Gasteiger partial charge on any atom is -0.352 e. The van der Waals surface area contributed by atoms with Crippen molar-refractivity contribution >= 4 is 11.7 Å². The average molecular weight is 346 g/mol. The Kier molecular flexibility index (Phi) is 5.65. The van der Waals surface area contributed by atoms with Crippen LogP contribution in [0.25, 0.3) is 0 Å². The number of likely N-dealkylation sites (N-methyl/N-ethyl adjacent to an activating group) is 1. The molecule has 1 aliphatic heterocycles. The fourth-order valence-electron chi connectivity index (χ4n) is 3.42. The Morgan fingerprint density at radius 3 is 2.72 bits per heavy atom. The molecule has 1 saturated heterocycles. The molecule has 0 unspecified atom stereocenters. The van der Waals surface area contributed by atoms with E-state index in [1.54, 1.807) is 0 Å². The predicted octanol–water partition coefficient (Wildman–Crippen LogP) is 0.261. The first kappa shape index (κ1) is 17.8. The Morgan fingerprint density at radius 1 is 1.20 bits per heavy atom. The number of nitrogens with one attached hydrogen (secondary N) is 2. The second-order valence-corrected chi connectivity index (χ2v) is 6.94. The lowest BCUT2D eigenvalue weighted by Crippen LogP contribution is -2.45. The standard InChI is InChI=1S/C18H26N4O3/c1-21-8-10-22(11-9-21)7-3-6-19-17(24)14-12-13-15(20-18(14)25)4-2-5-16(13)23/h12H,2-11H2,1H3,(H,19,24)(H,20,25). The normalized spacial score (nSPS) is 18.8. The first-order valence-electron chi connectivity index (χ1n) is 9.03. The third kappa shape index (κ3) is 4.35. The number of rotatable bonds is 5. The van der Waals surface area contributed by atoms with Crippen molar-refractivity contribution in [3.05, 3.63) is 33.2 Å². The van der Waals surface area contributed by atoms with Gasteiger partial charge in [0.2, 0.25) is 0 Å². The number of nitrogens with zero attached hydrogens (tertiary/aromatic N) is 2. The Labute approximate surface area is 147 Å². The number of carbonyl (C=O) groups excluding carboxylic acids is 2. The summed E-state index contributed by atoms with van der Waals surface area (Å²) >= 11 is 0. The Balaban J connectivity index is 1.52. The lowest BCUT2D eigenvalue weighted by molar-refractivity contribution is 0.0948. The SMILES string of the molecule is CN1CCN(CCCNC(=O)c2cc3c([nH]c2=O)CCCC3=O)CC1. The Hall–Kier alpha value is -1.99. The number of hydrogen-bond donors (Lipinski definition) is 2. The molecule has 0 bridgehead atoms. The molecule has 136 valence electrons. The summed E-state index contributed by atoms with van der Waals surface area (Å²) in [6, 6.07) is 1.46. The van der Waals surface area contributed by atoms with Gasteiger partial charge in [0, 0.05) is 50.4 Å². The van der Waals surface area contributed by atoms with Crippen molar-refractivity contribution in [2.45, 2.75) is 25.7 Å². The molecule has 25 heavy (non-hydrogen) atoms. The highest BCUT2D eigenvalue weighted by Crippen LogP contribution is 2.18. The van der Waals surface area contributed by atoms with Gasteiger partial charge in [0.25, 0.3) is 11.5 Å². The van der Waals surface area contributed by atoms with Crippen LogP contribution in [0, 0.1) is 0 Å². The number of carbonyl (C=O) groups is 2. The number of fused-ring (bicyclic) bond motifs is 1. The minimum absolute atomic E-state index is 0.00150. The van der Waals surface area contributed by atoms with Gasteiger partial charge >= 0.3 is 0 Å². The van der Waals surface area contributed by atoms with Gasteiger partial charge in [0.05, 0.1) is 0 Å². The van der Waals surface area contributed by atoms with Crippen molar-refractivity contribution in [2.24, 2.45) is 0 Å². The molecule has 1 fully saturated rings. The monoisotopic (exact) mass is 346 g/mol. The molecule has 0 saturated carbocycles. The van der Waals surface area contributed by atoms with Crippen molar-refractivity contribution in [3.63, 3.8) is 0 Å². The van der Waals surface area contributed by atoms with Gasteiger partial charge in [-0.25, -0.2) is 0 Å². The summed E-state index contributed by atoms with van der Waals surface area (Å²) < 4.78 is 0. The van der Waals surface area contributed by atoms with Gasteiger partial charge in [-0.15, -0.1) is 0 Å². The smallest absolute Gasteiger partial charge is 0.261 e. The molecule has 0 atom stereocenters. The van der Waals surface area contributed by atoms with Crippen LogP contribution in [0.2, 0.25) is 0 Å². The van der Waals surface area contributed by atoms with Crippen LogP contribution >= 0.6 is 0 Å². The maximum absolute atomic E-state index is 12.3. The fourth-order valence-corrected chi connectivity index (χ4v) is 3.42. The molecule has 1 amide bonds. The van der Waals surface area contributed by atoms with E-state index in [2.05, 4.69) is 27.1 Å². The summed E-state index contributed by atoms with van der Waals surface area (Å²) in [5, 5.41) is 2.80. The van der Waals surface area contributed by atoms with Gasteiger partial charge < -0.3 is 20.1 Å². The maximum atomic E-state index is 12.3. The number of aryl methyl sites for hydroxylation is 1. The first-order chi connectivity index (χ1) is 12.0. The van der Waals surface area contributed by atoms with Gasteiger partial charge in [-0.05, 0) is 38.9 Å². The van der Waals surface area contributed by atoms with Crippen LogP contribution in [-0.4, -0.2) is 72.8 Å². The number of ketones is 1. The van der Waals surface area contributed by atoms with Crippen molar-refractivity contribution in [1.82, 2.24) is 20.1 Å².